The average molecular weight is 282 g/mol. The van der Waals surface area contributed by atoms with E-state index in [1.54, 1.807) is 6.07 Å². The van der Waals surface area contributed by atoms with Crippen molar-refractivity contribution >= 4 is 11.4 Å². The molecule has 0 aromatic heterocycles. The quantitative estimate of drug-likeness (QED) is 0.794. The molecule has 0 atom stereocenters. The molecule has 104 valence electrons. The second kappa shape index (κ2) is 5.20. The molecule has 0 saturated heterocycles. The van der Waals surface area contributed by atoms with E-state index in [4.69, 9.17) is 0 Å². The fourth-order valence-corrected chi connectivity index (χ4v) is 1.52. The van der Waals surface area contributed by atoms with Gasteiger partial charge in [0, 0.05) is 0 Å². The SMILES string of the molecule is Oc1ccccc1N=Nc1c(O)cccc1C(F)(F)F. The summed E-state index contributed by atoms with van der Waals surface area (Å²) in [6, 6.07) is 8.72. The molecule has 0 aliphatic carbocycles. The molecule has 0 saturated carbocycles. The van der Waals surface area contributed by atoms with Crippen molar-refractivity contribution in [1.29, 1.82) is 0 Å². The summed E-state index contributed by atoms with van der Waals surface area (Å²) >= 11 is 0. The number of halogens is 3. The molecule has 2 N–H and O–H groups in total. The molecule has 7 heteroatoms. The predicted molar refractivity (Wildman–Crippen MR) is 65.4 cm³/mol. The monoisotopic (exact) mass is 282 g/mol. The lowest BCUT2D eigenvalue weighted by atomic mass is 10.1. The van der Waals surface area contributed by atoms with Gasteiger partial charge in [-0.2, -0.15) is 13.2 Å². The number of alkyl halides is 3. The third-order valence-corrected chi connectivity index (χ3v) is 2.46. The van der Waals surface area contributed by atoms with Crippen molar-refractivity contribution in [2.24, 2.45) is 10.2 Å². The zero-order valence-corrected chi connectivity index (χ0v) is 9.96. The van der Waals surface area contributed by atoms with E-state index in [2.05, 4.69) is 10.2 Å². The first-order chi connectivity index (χ1) is 9.39. The lowest BCUT2D eigenvalue weighted by Crippen LogP contribution is -2.04. The van der Waals surface area contributed by atoms with E-state index in [1.807, 2.05) is 0 Å². The van der Waals surface area contributed by atoms with E-state index in [0.717, 1.165) is 18.2 Å². The van der Waals surface area contributed by atoms with Gasteiger partial charge in [0.15, 0.2) is 0 Å². The predicted octanol–water partition coefficient (Wildman–Crippen LogP) is 4.53. The fourth-order valence-electron chi connectivity index (χ4n) is 1.52. The van der Waals surface area contributed by atoms with Crippen LogP contribution in [0.15, 0.2) is 52.7 Å². The third kappa shape index (κ3) is 2.87. The first-order valence-corrected chi connectivity index (χ1v) is 5.48. The van der Waals surface area contributed by atoms with Gasteiger partial charge in [-0.25, -0.2) is 0 Å². The van der Waals surface area contributed by atoms with Gasteiger partial charge in [0.2, 0.25) is 0 Å². The summed E-state index contributed by atoms with van der Waals surface area (Å²) in [5.74, 6) is -0.862. The minimum absolute atomic E-state index is 0.00359. The van der Waals surface area contributed by atoms with Gasteiger partial charge >= 0.3 is 6.18 Å². The minimum atomic E-state index is -4.66. The van der Waals surface area contributed by atoms with Gasteiger partial charge in [0.05, 0.1) is 5.56 Å². The molecule has 2 aromatic carbocycles. The summed E-state index contributed by atoms with van der Waals surface area (Å²) in [6.07, 6.45) is -4.66. The molecule has 0 aliphatic heterocycles. The zero-order valence-electron chi connectivity index (χ0n) is 9.96. The van der Waals surface area contributed by atoms with Crippen molar-refractivity contribution in [2.75, 3.05) is 0 Å². The Morgan fingerprint density at radius 2 is 1.45 bits per heavy atom. The van der Waals surface area contributed by atoms with Crippen molar-refractivity contribution in [3.8, 4) is 11.5 Å². The van der Waals surface area contributed by atoms with Crippen molar-refractivity contribution in [1.82, 2.24) is 0 Å². The summed E-state index contributed by atoms with van der Waals surface area (Å²) in [4.78, 5) is 0. The van der Waals surface area contributed by atoms with Crippen LogP contribution in [-0.2, 0) is 6.18 Å². The lowest BCUT2D eigenvalue weighted by Gasteiger charge is -2.09. The van der Waals surface area contributed by atoms with E-state index >= 15 is 0 Å². The van der Waals surface area contributed by atoms with Crippen LogP contribution in [0.1, 0.15) is 5.56 Å². The van der Waals surface area contributed by atoms with Crippen molar-refractivity contribution < 1.29 is 23.4 Å². The number of azo groups is 1. The number of benzene rings is 2. The Kier molecular flexibility index (Phi) is 3.60. The molecule has 0 bridgehead atoms. The number of hydrogen-bond acceptors (Lipinski definition) is 4. The number of rotatable bonds is 2. The first-order valence-electron chi connectivity index (χ1n) is 5.48. The van der Waals surface area contributed by atoms with Crippen LogP contribution in [0, 0.1) is 0 Å². The van der Waals surface area contributed by atoms with Crippen LogP contribution in [0.3, 0.4) is 0 Å². The fraction of sp³-hybridized carbons (Fsp3) is 0.0769. The summed E-state index contributed by atoms with van der Waals surface area (Å²) in [7, 11) is 0. The molecule has 0 spiro atoms. The summed E-state index contributed by atoms with van der Waals surface area (Å²) in [5.41, 5.74) is -1.79. The Morgan fingerprint density at radius 3 is 2.10 bits per heavy atom. The number of phenolic OH excluding ortho intramolecular Hbond substituents is 2. The molecular weight excluding hydrogens is 273 g/mol. The average Bonchev–Trinajstić information content (AvgIpc) is 2.37. The number of aromatic hydroxyl groups is 2. The molecule has 20 heavy (non-hydrogen) atoms. The van der Waals surface area contributed by atoms with E-state index in [9.17, 15) is 23.4 Å². The standard InChI is InChI=1S/C13H9F3N2O2/c14-13(15,16)8-4-3-7-11(20)12(8)18-17-9-5-1-2-6-10(9)19/h1-7,19-20H. The smallest absolute Gasteiger partial charge is 0.418 e. The Morgan fingerprint density at radius 1 is 0.800 bits per heavy atom. The number of para-hydroxylation sites is 1. The van der Waals surface area contributed by atoms with Gasteiger partial charge in [-0.1, -0.05) is 18.2 Å². The van der Waals surface area contributed by atoms with E-state index in [-0.39, 0.29) is 11.4 Å². The molecule has 0 radical (unpaired) electrons. The summed E-state index contributed by atoms with van der Waals surface area (Å²) in [5, 5.41) is 25.9. The van der Waals surface area contributed by atoms with Crippen molar-refractivity contribution in [3.05, 3.63) is 48.0 Å². The number of phenols is 2. The van der Waals surface area contributed by atoms with Gasteiger partial charge in [-0.15, -0.1) is 10.2 Å². The van der Waals surface area contributed by atoms with E-state index in [1.165, 1.54) is 18.2 Å². The summed E-state index contributed by atoms with van der Waals surface area (Å²) < 4.78 is 38.3. The van der Waals surface area contributed by atoms with E-state index < -0.39 is 23.2 Å². The number of nitrogens with zero attached hydrogens (tertiary/aromatic N) is 2. The molecule has 0 unspecified atom stereocenters. The molecule has 0 fully saturated rings. The van der Waals surface area contributed by atoms with Crippen LogP contribution in [0.2, 0.25) is 0 Å². The van der Waals surface area contributed by atoms with Crippen molar-refractivity contribution in [3.63, 3.8) is 0 Å². The van der Waals surface area contributed by atoms with Gasteiger partial charge in [0.25, 0.3) is 0 Å². The second-order valence-corrected chi connectivity index (χ2v) is 3.86. The van der Waals surface area contributed by atoms with Gasteiger partial charge in [0.1, 0.15) is 22.9 Å². The molecule has 0 amide bonds. The Hall–Kier alpha value is -2.57. The molecule has 0 aliphatic rings. The van der Waals surface area contributed by atoms with Crippen LogP contribution < -0.4 is 0 Å². The minimum Gasteiger partial charge on any atom is -0.506 e. The van der Waals surface area contributed by atoms with Gasteiger partial charge in [-0.3, -0.25) is 0 Å². The van der Waals surface area contributed by atoms with Crippen molar-refractivity contribution in [2.45, 2.75) is 6.18 Å². The molecule has 2 rings (SSSR count). The summed E-state index contributed by atoms with van der Waals surface area (Å²) in [6.45, 7) is 0. The zero-order chi connectivity index (χ0) is 14.8. The van der Waals surface area contributed by atoms with Gasteiger partial charge < -0.3 is 10.2 Å². The maximum absolute atomic E-state index is 12.8. The van der Waals surface area contributed by atoms with Crippen LogP contribution in [0.5, 0.6) is 11.5 Å². The van der Waals surface area contributed by atoms with Crippen LogP contribution >= 0.6 is 0 Å². The van der Waals surface area contributed by atoms with Crippen LogP contribution in [0.25, 0.3) is 0 Å². The highest BCUT2D eigenvalue weighted by Crippen LogP contribution is 2.42. The maximum atomic E-state index is 12.8. The van der Waals surface area contributed by atoms with Crippen LogP contribution in [0.4, 0.5) is 24.5 Å². The largest absolute Gasteiger partial charge is 0.506 e. The molecular formula is C13H9F3N2O2. The van der Waals surface area contributed by atoms with E-state index in [0.29, 0.717) is 0 Å². The maximum Gasteiger partial charge on any atom is 0.418 e. The highest BCUT2D eigenvalue weighted by atomic mass is 19.4. The molecule has 2 aromatic rings. The molecule has 4 nitrogen and oxygen atoms in total. The lowest BCUT2D eigenvalue weighted by molar-refractivity contribution is -0.137. The highest BCUT2D eigenvalue weighted by Gasteiger charge is 2.34. The Balaban J connectivity index is 2.47. The molecule has 0 heterocycles. The highest BCUT2D eigenvalue weighted by molar-refractivity contribution is 5.58. The topological polar surface area (TPSA) is 65.2 Å². The normalized spacial score (nSPS) is 11.9. The van der Waals surface area contributed by atoms with Gasteiger partial charge in [-0.05, 0) is 24.3 Å². The Labute approximate surface area is 111 Å². The number of hydrogen-bond donors (Lipinski definition) is 2. The second-order valence-electron chi connectivity index (χ2n) is 3.86. The Bertz CT molecular complexity index is 654. The first kappa shape index (κ1) is 13.9. The third-order valence-electron chi connectivity index (χ3n) is 2.46. The van der Waals surface area contributed by atoms with Crippen LogP contribution in [-0.4, -0.2) is 10.2 Å².